The zero-order chi connectivity index (χ0) is 36.3. The molecule has 4 nitrogen and oxygen atoms in total. The highest BCUT2D eigenvalue weighted by Crippen LogP contribution is 2.74. The van der Waals surface area contributed by atoms with Crippen LogP contribution in [0.5, 0.6) is 5.75 Å². The van der Waals surface area contributed by atoms with Crippen LogP contribution >= 0.6 is 0 Å². The van der Waals surface area contributed by atoms with Crippen LogP contribution in [-0.4, -0.2) is 52.0 Å². The van der Waals surface area contributed by atoms with E-state index in [0.29, 0.717) is 43.5 Å². The van der Waals surface area contributed by atoms with Crippen molar-refractivity contribution in [2.45, 2.75) is 43.6 Å². The fourth-order valence-electron chi connectivity index (χ4n) is 17.1. The number of hydrogen-bond acceptors (Lipinski definition) is 4. The number of nitrogens with zero attached hydrogens (tertiary/aromatic N) is 1. The van der Waals surface area contributed by atoms with Crippen LogP contribution in [-0.2, 0) is 22.3 Å². The van der Waals surface area contributed by atoms with Crippen molar-refractivity contribution in [1.29, 1.82) is 0 Å². The summed E-state index contributed by atoms with van der Waals surface area (Å²) in [6.45, 7) is 3.94. The van der Waals surface area contributed by atoms with E-state index < -0.39 is 0 Å². The number of fused-ring (bicyclic) bond motifs is 1. The number of likely N-dealkylation sites (tertiary alicyclic amines) is 1. The molecule has 9 aromatic carbocycles. The van der Waals surface area contributed by atoms with Gasteiger partial charge in [0.2, 0.25) is 0 Å². The molecule has 0 radical (unpaired) electrons. The fraction of sp³-hybridized carbons (Fsp3) is 0.321. The van der Waals surface area contributed by atoms with Crippen molar-refractivity contribution in [3.05, 3.63) is 90.3 Å². The molecule has 1 aliphatic heterocycles. The predicted molar refractivity (Wildman–Crippen MR) is 228 cm³/mol. The summed E-state index contributed by atoms with van der Waals surface area (Å²) in [4.78, 5) is 2.86. The third-order valence-electron chi connectivity index (χ3n) is 18.1. The van der Waals surface area contributed by atoms with Gasteiger partial charge in [0.1, 0.15) is 5.75 Å². The number of methoxy groups -OCH3 is 2. The van der Waals surface area contributed by atoms with Gasteiger partial charge >= 0.3 is 0 Å². The van der Waals surface area contributed by atoms with E-state index in [1.165, 1.54) is 17.2 Å². The number of para-hydroxylation sites is 1. The van der Waals surface area contributed by atoms with Crippen LogP contribution in [0.1, 0.15) is 58.5 Å². The molecule has 0 amide bonds. The molecule has 57 heavy (non-hydrogen) atoms. The van der Waals surface area contributed by atoms with Crippen molar-refractivity contribution in [3.63, 3.8) is 0 Å². The molecule has 0 bridgehead atoms. The second-order valence-electron chi connectivity index (χ2n) is 19.7. The Morgan fingerprint density at radius 1 is 0.702 bits per heavy atom. The van der Waals surface area contributed by atoms with Gasteiger partial charge in [0.15, 0.2) is 0 Å². The molecule has 1 heterocycles. The maximum absolute atomic E-state index is 6.34. The SMILES string of the molecule is COCCOCCN1CC2C3=c4c5c6c7c8c9c(cc%10c%11c%12c%13c%14c(cc%15c%16c(c4c6c(c%16%14)c%13c7c%119)=C(C3)C%15)=CC%12C%10)=CC3CC2(C=5C83)C1c1ccccc1OC. The molecule has 8 aliphatic carbocycles. The average molecular weight is 736 g/mol. The molecule has 272 valence electrons. The molecule has 1 spiro atoms. The van der Waals surface area contributed by atoms with Crippen molar-refractivity contribution in [2.24, 2.45) is 17.3 Å². The number of ether oxygens (including phenoxy) is 3. The maximum atomic E-state index is 6.34. The molecule has 0 aromatic heterocycles. The van der Waals surface area contributed by atoms with Gasteiger partial charge in [-0.05, 0) is 167 Å². The van der Waals surface area contributed by atoms with Gasteiger partial charge in [-0.3, -0.25) is 4.90 Å². The van der Waals surface area contributed by atoms with E-state index in [0.717, 1.165) is 38.1 Å². The van der Waals surface area contributed by atoms with Crippen molar-refractivity contribution >= 4 is 104 Å². The van der Waals surface area contributed by atoms with Crippen LogP contribution in [0, 0.1) is 17.3 Å². The Balaban J connectivity index is 1.10. The van der Waals surface area contributed by atoms with Gasteiger partial charge < -0.3 is 14.2 Å². The summed E-state index contributed by atoms with van der Waals surface area (Å²) in [5, 5.41) is 31.2. The quantitative estimate of drug-likeness (QED) is 0.135. The predicted octanol–water partition coefficient (Wildman–Crippen LogP) is 6.33. The zero-order valence-electron chi connectivity index (χ0n) is 32.0. The zero-order valence-corrected chi connectivity index (χ0v) is 32.0. The topological polar surface area (TPSA) is 30.9 Å². The lowest BCUT2D eigenvalue weighted by Gasteiger charge is -2.44. The van der Waals surface area contributed by atoms with Gasteiger partial charge in [-0.25, -0.2) is 0 Å². The third kappa shape index (κ3) is 2.48. The number of rotatable bonds is 8. The Kier molecular flexibility index (Phi) is 4.20. The Labute approximate surface area is 326 Å². The summed E-state index contributed by atoms with van der Waals surface area (Å²) in [5.41, 5.74) is 13.3. The summed E-state index contributed by atoms with van der Waals surface area (Å²) in [6, 6.07) is 14.6. The van der Waals surface area contributed by atoms with Crippen molar-refractivity contribution in [3.8, 4) is 5.75 Å². The lowest BCUT2D eigenvalue weighted by molar-refractivity contribution is 0.0511. The largest absolute Gasteiger partial charge is 0.496 e. The van der Waals surface area contributed by atoms with Gasteiger partial charge in [-0.1, -0.05) is 53.6 Å². The van der Waals surface area contributed by atoms with Crippen molar-refractivity contribution < 1.29 is 14.2 Å². The molecule has 1 saturated heterocycles. The van der Waals surface area contributed by atoms with E-state index in [4.69, 9.17) is 14.2 Å². The Morgan fingerprint density at radius 2 is 1.51 bits per heavy atom. The van der Waals surface area contributed by atoms with Crippen LogP contribution in [0.15, 0.2) is 36.4 Å². The summed E-state index contributed by atoms with van der Waals surface area (Å²) >= 11 is 0. The van der Waals surface area contributed by atoms with E-state index in [-0.39, 0.29) is 11.5 Å². The molecule has 9 aromatic rings. The smallest absolute Gasteiger partial charge is 0.123 e. The van der Waals surface area contributed by atoms with Crippen LogP contribution in [0.3, 0.4) is 0 Å². The summed E-state index contributed by atoms with van der Waals surface area (Å²) in [7, 11) is 3.65. The normalized spacial score (nSPS) is 28.6. The summed E-state index contributed by atoms with van der Waals surface area (Å²) < 4.78 is 18.0. The van der Waals surface area contributed by atoms with E-state index in [9.17, 15) is 0 Å². The van der Waals surface area contributed by atoms with E-state index >= 15 is 0 Å². The lowest BCUT2D eigenvalue weighted by Crippen LogP contribution is -2.47. The fourth-order valence-corrected chi connectivity index (χ4v) is 17.1. The number of hydrogen-bond donors (Lipinski definition) is 0. The van der Waals surface area contributed by atoms with Gasteiger partial charge in [0.05, 0.1) is 26.9 Å². The third-order valence-corrected chi connectivity index (χ3v) is 18.1. The summed E-state index contributed by atoms with van der Waals surface area (Å²) in [5.74, 6) is 2.87. The first-order chi connectivity index (χ1) is 28.2. The molecule has 4 heteroatoms. The molecular weight excluding hydrogens is 699 g/mol. The van der Waals surface area contributed by atoms with E-state index in [1.807, 2.05) is 12.7 Å². The molecule has 0 N–H and O–H groups in total. The second kappa shape index (κ2) is 8.43. The van der Waals surface area contributed by atoms with Gasteiger partial charge in [-0.2, -0.15) is 0 Å². The molecule has 2 fully saturated rings. The average Bonchev–Trinajstić information content (AvgIpc) is 4.08. The van der Waals surface area contributed by atoms with Crippen molar-refractivity contribution in [2.75, 3.05) is 47.1 Å². The number of benzene rings is 6. The molecule has 6 unspecified atom stereocenters. The standard InChI is InChI=1S/C53H37NO3/c1-55-9-10-57-8-7-54-19-29-28-17-25-15-22-13-23-12-20-11-21-14-24-16-26-18-53(29,52(54)27-5-3-4-6-30(27)56-2)51-37(26)42-36(24)41-32(21)31(20)39-35(23)40-33(22)34(25)43-38(28)50(51)49-47(42)45(41)44(39)46(40)48(43)49/h3-6,12-14,16,20,26,29,37,52H,7-11,15,17-19H2,1-2H3. The van der Waals surface area contributed by atoms with Crippen LogP contribution in [0.4, 0.5) is 0 Å². The Bertz CT molecular complexity index is 3890. The Hall–Kier alpha value is -5.00. The first-order valence-electron chi connectivity index (χ1n) is 21.7. The Morgan fingerprint density at radius 3 is 2.42 bits per heavy atom. The summed E-state index contributed by atoms with van der Waals surface area (Å²) in [6.07, 6.45) is 10.1. The minimum Gasteiger partial charge on any atom is -0.496 e. The van der Waals surface area contributed by atoms with Gasteiger partial charge in [0, 0.05) is 55.0 Å². The minimum atomic E-state index is -0.0384. The lowest BCUT2D eigenvalue weighted by atomic mass is 9.59. The highest BCUT2D eigenvalue weighted by molar-refractivity contribution is 6.54. The second-order valence-corrected chi connectivity index (χ2v) is 19.7. The van der Waals surface area contributed by atoms with E-state index in [1.54, 1.807) is 137 Å². The van der Waals surface area contributed by atoms with Gasteiger partial charge in [0.25, 0.3) is 0 Å². The monoisotopic (exact) mass is 735 g/mol. The molecular formula is C53H37NO3. The van der Waals surface area contributed by atoms with Crippen LogP contribution in [0.25, 0.3) is 104 Å². The van der Waals surface area contributed by atoms with E-state index in [2.05, 4.69) is 53.5 Å². The van der Waals surface area contributed by atoms with Crippen LogP contribution in [0.2, 0.25) is 0 Å². The highest BCUT2D eigenvalue weighted by atomic mass is 16.5. The first-order valence-corrected chi connectivity index (χ1v) is 21.7. The molecule has 6 atom stereocenters. The minimum absolute atomic E-state index is 0.0384. The maximum Gasteiger partial charge on any atom is 0.123 e. The van der Waals surface area contributed by atoms with Crippen molar-refractivity contribution in [1.82, 2.24) is 4.90 Å². The first kappa shape index (κ1) is 28.4. The molecule has 18 rings (SSSR count). The van der Waals surface area contributed by atoms with Crippen LogP contribution < -0.4 is 30.8 Å². The highest BCUT2D eigenvalue weighted by Gasteiger charge is 2.67. The molecule has 1 saturated carbocycles. The van der Waals surface area contributed by atoms with Gasteiger partial charge in [-0.15, -0.1) is 0 Å². The molecule has 9 aliphatic rings.